The fourth-order valence-corrected chi connectivity index (χ4v) is 2.48. The van der Waals surface area contributed by atoms with Crippen molar-refractivity contribution in [1.82, 2.24) is 9.38 Å². The summed E-state index contributed by atoms with van der Waals surface area (Å²) < 4.78 is 1.94. The van der Waals surface area contributed by atoms with Crippen molar-refractivity contribution in [2.24, 2.45) is 0 Å². The van der Waals surface area contributed by atoms with Crippen molar-refractivity contribution in [3.63, 3.8) is 0 Å². The van der Waals surface area contributed by atoms with Crippen LogP contribution in [0.2, 0.25) is 5.02 Å². The Morgan fingerprint density at radius 1 is 1.19 bits per heavy atom. The van der Waals surface area contributed by atoms with Crippen LogP contribution in [0.3, 0.4) is 0 Å². The minimum Gasteiger partial charge on any atom is -0.481 e. The van der Waals surface area contributed by atoms with E-state index >= 15 is 0 Å². The number of benzene rings is 1. The lowest BCUT2D eigenvalue weighted by atomic mass is 10.1. The smallest absolute Gasteiger partial charge is 0.303 e. The van der Waals surface area contributed by atoms with Gasteiger partial charge >= 0.3 is 5.97 Å². The zero-order valence-corrected chi connectivity index (χ0v) is 11.9. The highest BCUT2D eigenvalue weighted by Crippen LogP contribution is 2.26. The molecule has 0 atom stereocenters. The number of halogens is 1. The number of carboxylic acids is 1. The van der Waals surface area contributed by atoms with Gasteiger partial charge in [0.2, 0.25) is 0 Å². The predicted molar refractivity (Wildman–Crippen MR) is 81.6 cm³/mol. The van der Waals surface area contributed by atoms with Crippen LogP contribution in [0.4, 0.5) is 0 Å². The predicted octanol–water partition coefficient (Wildman–Crippen LogP) is 3.67. The van der Waals surface area contributed by atoms with Crippen LogP contribution in [0.1, 0.15) is 12.1 Å². The number of hydrogen-bond donors (Lipinski definition) is 1. The quantitative estimate of drug-likeness (QED) is 0.800. The molecule has 5 heteroatoms. The minimum atomic E-state index is -0.817. The maximum Gasteiger partial charge on any atom is 0.303 e. The molecule has 106 valence electrons. The molecule has 0 fully saturated rings. The number of rotatable bonds is 4. The van der Waals surface area contributed by atoms with Gasteiger partial charge in [0.25, 0.3) is 0 Å². The Kier molecular flexibility index (Phi) is 3.62. The highest BCUT2D eigenvalue weighted by atomic mass is 35.5. The van der Waals surface area contributed by atoms with Gasteiger partial charge in [0.1, 0.15) is 5.65 Å². The molecule has 4 nitrogen and oxygen atoms in total. The third-order valence-electron chi connectivity index (χ3n) is 3.32. The molecular formula is C16H13ClN2O2. The molecule has 0 aliphatic carbocycles. The molecule has 0 amide bonds. The molecule has 0 aliphatic rings. The van der Waals surface area contributed by atoms with E-state index in [0.717, 1.165) is 22.6 Å². The molecule has 1 N–H and O–H groups in total. The normalized spacial score (nSPS) is 10.9. The molecule has 0 bridgehead atoms. The van der Waals surface area contributed by atoms with Gasteiger partial charge in [0, 0.05) is 23.2 Å². The third-order valence-corrected chi connectivity index (χ3v) is 3.57. The Hall–Kier alpha value is -2.33. The molecule has 0 aliphatic heterocycles. The van der Waals surface area contributed by atoms with Crippen LogP contribution in [0.25, 0.3) is 16.9 Å². The van der Waals surface area contributed by atoms with Crippen LogP contribution in [0.15, 0.2) is 48.7 Å². The average Bonchev–Trinajstić information content (AvgIpc) is 2.84. The summed E-state index contributed by atoms with van der Waals surface area (Å²) in [4.78, 5) is 15.5. The van der Waals surface area contributed by atoms with Gasteiger partial charge in [-0.15, -0.1) is 0 Å². The second-order valence-corrected chi connectivity index (χ2v) is 5.17. The Labute approximate surface area is 126 Å². The van der Waals surface area contributed by atoms with Crippen molar-refractivity contribution < 1.29 is 9.90 Å². The molecule has 0 saturated carbocycles. The SMILES string of the molecule is O=C(O)CCc1c(-c2ccc(Cl)cc2)nc2ccccn12. The second kappa shape index (κ2) is 5.58. The molecule has 1 aromatic carbocycles. The summed E-state index contributed by atoms with van der Waals surface area (Å²) in [7, 11) is 0. The van der Waals surface area contributed by atoms with Gasteiger partial charge in [0.05, 0.1) is 17.8 Å². The van der Waals surface area contributed by atoms with Crippen LogP contribution >= 0.6 is 11.6 Å². The molecule has 0 spiro atoms. The van der Waals surface area contributed by atoms with E-state index in [1.165, 1.54) is 0 Å². The minimum absolute atomic E-state index is 0.0727. The lowest BCUT2D eigenvalue weighted by Crippen LogP contribution is -2.01. The van der Waals surface area contributed by atoms with Crippen molar-refractivity contribution in [3.05, 3.63) is 59.4 Å². The highest BCUT2D eigenvalue weighted by Gasteiger charge is 2.14. The number of pyridine rings is 1. The number of nitrogens with zero attached hydrogens (tertiary/aromatic N) is 2. The zero-order valence-electron chi connectivity index (χ0n) is 11.2. The van der Waals surface area contributed by atoms with Crippen molar-refractivity contribution in [2.75, 3.05) is 0 Å². The molecule has 3 rings (SSSR count). The van der Waals surface area contributed by atoms with Gasteiger partial charge in [-0.3, -0.25) is 4.79 Å². The summed E-state index contributed by atoms with van der Waals surface area (Å²) in [6.07, 6.45) is 2.40. The van der Waals surface area contributed by atoms with E-state index in [1.807, 2.05) is 53.1 Å². The second-order valence-electron chi connectivity index (χ2n) is 4.74. The van der Waals surface area contributed by atoms with Crippen LogP contribution in [0.5, 0.6) is 0 Å². The molecule has 2 heterocycles. The summed E-state index contributed by atoms with van der Waals surface area (Å²) in [5.74, 6) is -0.817. The van der Waals surface area contributed by atoms with Crippen molar-refractivity contribution in [2.45, 2.75) is 12.8 Å². The van der Waals surface area contributed by atoms with Crippen LogP contribution in [-0.4, -0.2) is 20.5 Å². The Balaban J connectivity index is 2.13. The number of aromatic nitrogens is 2. The van der Waals surface area contributed by atoms with E-state index in [1.54, 1.807) is 0 Å². The summed E-state index contributed by atoms with van der Waals surface area (Å²) in [6, 6.07) is 13.1. The number of aliphatic carboxylic acids is 1. The van der Waals surface area contributed by atoms with E-state index in [0.29, 0.717) is 11.4 Å². The Bertz CT molecular complexity index is 794. The zero-order chi connectivity index (χ0) is 14.8. The Morgan fingerprint density at radius 2 is 1.95 bits per heavy atom. The van der Waals surface area contributed by atoms with E-state index in [-0.39, 0.29) is 6.42 Å². The van der Waals surface area contributed by atoms with Crippen molar-refractivity contribution in [3.8, 4) is 11.3 Å². The Morgan fingerprint density at radius 3 is 2.67 bits per heavy atom. The highest BCUT2D eigenvalue weighted by molar-refractivity contribution is 6.30. The topological polar surface area (TPSA) is 54.6 Å². The molecule has 0 saturated heterocycles. The first-order valence-corrected chi connectivity index (χ1v) is 6.96. The third kappa shape index (κ3) is 2.76. The number of carboxylic acid groups (broad SMARTS) is 1. The molecule has 0 radical (unpaired) electrons. The molecule has 21 heavy (non-hydrogen) atoms. The number of carbonyl (C=O) groups is 1. The molecule has 0 unspecified atom stereocenters. The average molecular weight is 301 g/mol. The maximum absolute atomic E-state index is 10.9. The molecule has 3 aromatic rings. The summed E-state index contributed by atoms with van der Waals surface area (Å²) in [6.45, 7) is 0. The summed E-state index contributed by atoms with van der Waals surface area (Å²) in [5.41, 5.74) is 3.45. The van der Waals surface area contributed by atoms with Gasteiger partial charge < -0.3 is 9.51 Å². The lowest BCUT2D eigenvalue weighted by molar-refractivity contribution is -0.136. The largest absolute Gasteiger partial charge is 0.481 e. The van der Waals surface area contributed by atoms with Gasteiger partial charge in [-0.05, 0) is 24.3 Å². The van der Waals surface area contributed by atoms with E-state index in [9.17, 15) is 4.79 Å². The maximum atomic E-state index is 10.9. The van der Waals surface area contributed by atoms with Gasteiger partial charge in [0.15, 0.2) is 0 Å². The van der Waals surface area contributed by atoms with E-state index < -0.39 is 5.97 Å². The first-order chi connectivity index (χ1) is 10.1. The lowest BCUT2D eigenvalue weighted by Gasteiger charge is -2.04. The fourth-order valence-electron chi connectivity index (χ4n) is 2.35. The van der Waals surface area contributed by atoms with Crippen molar-refractivity contribution in [1.29, 1.82) is 0 Å². The molecular weight excluding hydrogens is 288 g/mol. The van der Waals surface area contributed by atoms with Crippen molar-refractivity contribution >= 4 is 23.2 Å². The van der Waals surface area contributed by atoms with Gasteiger partial charge in [-0.1, -0.05) is 29.8 Å². The number of fused-ring (bicyclic) bond motifs is 1. The first kappa shape index (κ1) is 13.6. The monoisotopic (exact) mass is 300 g/mol. The molecule has 2 aromatic heterocycles. The van der Waals surface area contributed by atoms with Crippen LogP contribution in [-0.2, 0) is 11.2 Å². The number of hydrogen-bond acceptors (Lipinski definition) is 2. The number of aryl methyl sites for hydroxylation is 1. The van der Waals surface area contributed by atoms with E-state index in [4.69, 9.17) is 16.7 Å². The van der Waals surface area contributed by atoms with Gasteiger partial charge in [-0.25, -0.2) is 4.98 Å². The van der Waals surface area contributed by atoms with Crippen LogP contribution in [0, 0.1) is 0 Å². The summed E-state index contributed by atoms with van der Waals surface area (Å²) >= 11 is 5.92. The van der Waals surface area contributed by atoms with E-state index in [2.05, 4.69) is 4.98 Å². The summed E-state index contributed by atoms with van der Waals surface area (Å²) in [5, 5.41) is 9.60. The fraction of sp³-hybridized carbons (Fsp3) is 0.125. The standard InChI is InChI=1S/C16H13ClN2O2/c17-12-6-4-11(5-7-12)16-13(8-9-15(20)21)19-10-2-1-3-14(19)18-16/h1-7,10H,8-9H2,(H,20,21). The first-order valence-electron chi connectivity index (χ1n) is 6.59. The van der Waals surface area contributed by atoms with Gasteiger partial charge in [-0.2, -0.15) is 0 Å². The number of imidazole rings is 1. The van der Waals surface area contributed by atoms with Crippen LogP contribution < -0.4 is 0 Å².